The van der Waals surface area contributed by atoms with E-state index in [0.29, 0.717) is 6.04 Å². The Labute approximate surface area is 130 Å². The molecule has 0 spiro atoms. The Balaban J connectivity index is 1.76. The highest BCUT2D eigenvalue weighted by Crippen LogP contribution is 2.28. The lowest BCUT2D eigenvalue weighted by Crippen LogP contribution is -2.27. The maximum absolute atomic E-state index is 3.65. The number of hydrogen-bond donors (Lipinski definition) is 1. The molecule has 1 N–H and O–H groups in total. The molecule has 2 aromatic rings. The van der Waals surface area contributed by atoms with Crippen LogP contribution in [-0.2, 0) is 12.8 Å². The molecule has 1 nitrogen and oxygen atoms in total. The minimum Gasteiger partial charge on any atom is -0.381 e. The molecule has 1 aliphatic rings. The Morgan fingerprint density at radius 1 is 1.00 bits per heavy atom. The highest BCUT2D eigenvalue weighted by atomic mass is 79.9. The van der Waals surface area contributed by atoms with Gasteiger partial charge in [-0.1, -0.05) is 34.1 Å². The van der Waals surface area contributed by atoms with Gasteiger partial charge in [0.15, 0.2) is 0 Å². The van der Waals surface area contributed by atoms with Gasteiger partial charge in [-0.05, 0) is 70.6 Å². The molecular formula is C16H15Br2N. The van der Waals surface area contributed by atoms with Gasteiger partial charge in [0, 0.05) is 20.7 Å². The quantitative estimate of drug-likeness (QED) is 0.756. The summed E-state index contributed by atoms with van der Waals surface area (Å²) in [6, 6.07) is 15.5. The number of benzene rings is 2. The van der Waals surface area contributed by atoms with Crippen molar-refractivity contribution in [1.29, 1.82) is 0 Å². The third-order valence-corrected chi connectivity index (χ3v) is 4.81. The lowest BCUT2D eigenvalue weighted by Gasteiger charge is -2.27. The van der Waals surface area contributed by atoms with Gasteiger partial charge in [-0.3, -0.25) is 0 Å². The summed E-state index contributed by atoms with van der Waals surface area (Å²) in [6.07, 6.45) is 3.44. The molecule has 1 unspecified atom stereocenters. The largest absolute Gasteiger partial charge is 0.381 e. The zero-order chi connectivity index (χ0) is 13.2. The van der Waals surface area contributed by atoms with Gasteiger partial charge in [0.05, 0.1) is 0 Å². The number of nitrogens with one attached hydrogen (secondary N) is 1. The fourth-order valence-corrected chi connectivity index (χ4v) is 3.45. The summed E-state index contributed by atoms with van der Waals surface area (Å²) >= 11 is 7.14. The SMILES string of the molecule is Brc1ccc2c(c1)CCC(Nc1ccccc1Br)C2. The van der Waals surface area contributed by atoms with E-state index in [2.05, 4.69) is 73.6 Å². The molecule has 1 aliphatic carbocycles. The Morgan fingerprint density at radius 2 is 1.84 bits per heavy atom. The molecule has 3 rings (SSSR count). The van der Waals surface area contributed by atoms with E-state index >= 15 is 0 Å². The second-order valence-electron chi connectivity index (χ2n) is 4.98. The van der Waals surface area contributed by atoms with Crippen molar-refractivity contribution in [1.82, 2.24) is 0 Å². The van der Waals surface area contributed by atoms with Crippen LogP contribution in [0.2, 0.25) is 0 Å². The van der Waals surface area contributed by atoms with Crippen molar-refractivity contribution in [3.8, 4) is 0 Å². The number of para-hydroxylation sites is 1. The Kier molecular flexibility index (Phi) is 3.94. The smallest absolute Gasteiger partial charge is 0.0486 e. The summed E-state index contributed by atoms with van der Waals surface area (Å²) < 4.78 is 2.32. The maximum Gasteiger partial charge on any atom is 0.0486 e. The third-order valence-electron chi connectivity index (χ3n) is 3.63. The van der Waals surface area contributed by atoms with Crippen molar-refractivity contribution in [2.24, 2.45) is 0 Å². The Hall–Kier alpha value is -0.800. The fourth-order valence-electron chi connectivity index (χ4n) is 2.64. The molecule has 0 heterocycles. The van der Waals surface area contributed by atoms with Crippen molar-refractivity contribution in [2.45, 2.75) is 25.3 Å². The van der Waals surface area contributed by atoms with Gasteiger partial charge < -0.3 is 5.32 Å². The molecule has 19 heavy (non-hydrogen) atoms. The second kappa shape index (κ2) is 5.68. The molecule has 0 amide bonds. The van der Waals surface area contributed by atoms with Crippen LogP contribution >= 0.6 is 31.9 Å². The average Bonchev–Trinajstić information content (AvgIpc) is 2.41. The zero-order valence-corrected chi connectivity index (χ0v) is 13.7. The molecule has 3 heteroatoms. The first-order valence-electron chi connectivity index (χ1n) is 6.51. The first-order valence-corrected chi connectivity index (χ1v) is 8.09. The third kappa shape index (κ3) is 3.03. The van der Waals surface area contributed by atoms with Crippen molar-refractivity contribution in [3.63, 3.8) is 0 Å². The zero-order valence-electron chi connectivity index (χ0n) is 10.5. The molecular weight excluding hydrogens is 366 g/mol. The number of rotatable bonds is 2. The van der Waals surface area contributed by atoms with Crippen molar-refractivity contribution >= 4 is 37.5 Å². The maximum atomic E-state index is 3.65. The molecule has 0 aliphatic heterocycles. The van der Waals surface area contributed by atoms with E-state index < -0.39 is 0 Å². The number of halogens is 2. The van der Waals surface area contributed by atoms with Gasteiger partial charge in [0.25, 0.3) is 0 Å². The lowest BCUT2D eigenvalue weighted by atomic mass is 9.88. The van der Waals surface area contributed by atoms with Crippen LogP contribution in [0.15, 0.2) is 51.4 Å². The molecule has 0 saturated carbocycles. The minimum atomic E-state index is 0.521. The van der Waals surface area contributed by atoms with Gasteiger partial charge in [-0.2, -0.15) is 0 Å². The van der Waals surface area contributed by atoms with Crippen molar-refractivity contribution < 1.29 is 0 Å². The predicted octanol–water partition coefficient (Wildman–Crippen LogP) is 5.18. The monoisotopic (exact) mass is 379 g/mol. The predicted molar refractivity (Wildman–Crippen MR) is 87.7 cm³/mol. The van der Waals surface area contributed by atoms with Crippen LogP contribution < -0.4 is 5.32 Å². The van der Waals surface area contributed by atoms with E-state index in [4.69, 9.17) is 0 Å². The van der Waals surface area contributed by atoms with E-state index in [-0.39, 0.29) is 0 Å². The van der Waals surface area contributed by atoms with Crippen LogP contribution in [0.1, 0.15) is 17.5 Å². The second-order valence-corrected chi connectivity index (χ2v) is 6.75. The Bertz CT molecular complexity index is 595. The summed E-state index contributed by atoms with van der Waals surface area (Å²) in [5.41, 5.74) is 4.15. The van der Waals surface area contributed by atoms with E-state index in [9.17, 15) is 0 Å². The normalized spacial score (nSPS) is 17.9. The highest BCUT2D eigenvalue weighted by molar-refractivity contribution is 9.10. The lowest BCUT2D eigenvalue weighted by molar-refractivity contribution is 0.610. The van der Waals surface area contributed by atoms with Crippen LogP contribution in [0.4, 0.5) is 5.69 Å². The minimum absolute atomic E-state index is 0.521. The summed E-state index contributed by atoms with van der Waals surface area (Å²) in [4.78, 5) is 0. The molecule has 0 saturated heterocycles. The molecule has 0 fully saturated rings. The van der Waals surface area contributed by atoms with Gasteiger partial charge in [-0.25, -0.2) is 0 Å². The number of anilines is 1. The van der Waals surface area contributed by atoms with Gasteiger partial charge >= 0.3 is 0 Å². The number of fused-ring (bicyclic) bond motifs is 1. The first kappa shape index (κ1) is 13.2. The van der Waals surface area contributed by atoms with E-state index in [1.807, 2.05) is 6.07 Å². The van der Waals surface area contributed by atoms with Crippen LogP contribution in [0.3, 0.4) is 0 Å². The summed E-state index contributed by atoms with van der Waals surface area (Å²) in [5, 5.41) is 3.65. The van der Waals surface area contributed by atoms with Gasteiger partial charge in [0.2, 0.25) is 0 Å². The molecule has 98 valence electrons. The van der Waals surface area contributed by atoms with Gasteiger partial charge in [0.1, 0.15) is 0 Å². The topological polar surface area (TPSA) is 12.0 Å². The van der Waals surface area contributed by atoms with Gasteiger partial charge in [-0.15, -0.1) is 0 Å². The van der Waals surface area contributed by atoms with Crippen LogP contribution in [0.5, 0.6) is 0 Å². The van der Waals surface area contributed by atoms with Crippen LogP contribution in [0, 0.1) is 0 Å². The van der Waals surface area contributed by atoms with Crippen LogP contribution in [-0.4, -0.2) is 6.04 Å². The molecule has 2 aromatic carbocycles. The number of aryl methyl sites for hydroxylation is 1. The van der Waals surface area contributed by atoms with Crippen molar-refractivity contribution in [3.05, 3.63) is 62.5 Å². The Morgan fingerprint density at radius 3 is 2.68 bits per heavy atom. The van der Waals surface area contributed by atoms with E-state index in [0.717, 1.165) is 17.3 Å². The number of hydrogen-bond acceptors (Lipinski definition) is 1. The molecule has 0 bridgehead atoms. The first-order chi connectivity index (χ1) is 9.22. The summed E-state index contributed by atoms with van der Waals surface area (Å²) in [6.45, 7) is 0. The average molecular weight is 381 g/mol. The van der Waals surface area contributed by atoms with E-state index in [1.54, 1.807) is 0 Å². The summed E-state index contributed by atoms with van der Waals surface area (Å²) in [7, 11) is 0. The standard InChI is InChI=1S/C16H15Br2N/c17-13-7-5-12-10-14(8-6-11(12)9-13)19-16-4-2-1-3-15(16)18/h1-5,7,9,14,19H,6,8,10H2. The molecule has 1 atom stereocenters. The molecule has 0 radical (unpaired) electrons. The summed E-state index contributed by atoms with van der Waals surface area (Å²) in [5.74, 6) is 0. The highest BCUT2D eigenvalue weighted by Gasteiger charge is 2.19. The molecule has 0 aromatic heterocycles. The van der Waals surface area contributed by atoms with Crippen LogP contribution in [0.25, 0.3) is 0 Å². The van der Waals surface area contributed by atoms with E-state index in [1.165, 1.54) is 27.7 Å². The van der Waals surface area contributed by atoms with Crippen molar-refractivity contribution in [2.75, 3.05) is 5.32 Å². The fraction of sp³-hybridized carbons (Fsp3) is 0.250.